The highest BCUT2D eigenvalue weighted by Gasteiger charge is 2.09. The van der Waals surface area contributed by atoms with E-state index in [0.29, 0.717) is 11.2 Å². The number of nitrogens with one attached hydrogen (secondary N) is 1. The fourth-order valence-electron chi connectivity index (χ4n) is 1.83. The second kappa shape index (κ2) is 7.07. The highest BCUT2D eigenvalue weighted by Crippen LogP contribution is 2.32. The van der Waals surface area contributed by atoms with Gasteiger partial charge in [0.25, 0.3) is 0 Å². The Morgan fingerprint density at radius 2 is 2.00 bits per heavy atom. The van der Waals surface area contributed by atoms with Gasteiger partial charge in [0.2, 0.25) is 0 Å². The molecule has 1 atom stereocenters. The summed E-state index contributed by atoms with van der Waals surface area (Å²) in [6, 6.07) is 6.42. The van der Waals surface area contributed by atoms with Crippen molar-refractivity contribution in [1.29, 1.82) is 0 Å². The van der Waals surface area contributed by atoms with E-state index in [1.54, 1.807) is 0 Å². The molecule has 0 saturated heterocycles. The van der Waals surface area contributed by atoms with Gasteiger partial charge >= 0.3 is 0 Å². The number of nitrogens with zero attached hydrogens (tertiary/aromatic N) is 2. The normalized spacial score (nSPS) is 12.4. The minimum Gasteiger partial charge on any atom is -0.310 e. The van der Waals surface area contributed by atoms with E-state index in [1.165, 1.54) is 17.3 Å². The molecule has 5 heteroatoms. The van der Waals surface area contributed by atoms with E-state index >= 15 is 0 Å². The lowest BCUT2D eigenvalue weighted by molar-refractivity contribution is 0.598. The summed E-state index contributed by atoms with van der Waals surface area (Å²) in [5.74, 6) is 0. The molecule has 0 radical (unpaired) electrons. The number of aromatic nitrogens is 2. The second-order valence-corrected chi connectivity index (χ2v) is 6.03. The molecule has 3 nitrogen and oxygen atoms in total. The Morgan fingerprint density at radius 1 is 1.30 bits per heavy atom. The van der Waals surface area contributed by atoms with Crippen LogP contribution in [0.25, 0.3) is 0 Å². The molecule has 1 aromatic heterocycles. The van der Waals surface area contributed by atoms with E-state index in [1.807, 2.05) is 31.5 Å². The Hall–Kier alpha value is -1.10. The fraction of sp³-hybridized carbons (Fsp3) is 0.333. The predicted molar refractivity (Wildman–Crippen MR) is 84.4 cm³/mol. The predicted octanol–water partition coefficient (Wildman–Crippen LogP) is 4.26. The van der Waals surface area contributed by atoms with E-state index in [4.69, 9.17) is 11.6 Å². The lowest BCUT2D eigenvalue weighted by Gasteiger charge is -2.14. The zero-order valence-electron chi connectivity index (χ0n) is 11.9. The van der Waals surface area contributed by atoms with Crippen LogP contribution in [0.5, 0.6) is 0 Å². The van der Waals surface area contributed by atoms with Crippen molar-refractivity contribution in [1.82, 2.24) is 15.3 Å². The average Bonchev–Trinajstić information content (AvgIpc) is 2.43. The number of hydrogen-bond acceptors (Lipinski definition) is 4. The zero-order valence-corrected chi connectivity index (χ0v) is 13.4. The SMILES string of the molecule is CCNC(C)c1ccc(Sc2ncc(C)cn2)c(Cl)c1. The summed E-state index contributed by atoms with van der Waals surface area (Å²) in [5, 5.41) is 4.82. The van der Waals surface area contributed by atoms with Crippen molar-refractivity contribution in [3.8, 4) is 0 Å². The maximum Gasteiger partial charge on any atom is 0.192 e. The molecule has 0 bridgehead atoms. The van der Waals surface area contributed by atoms with Crippen molar-refractivity contribution in [2.75, 3.05) is 6.54 Å². The van der Waals surface area contributed by atoms with Gasteiger partial charge in [0.15, 0.2) is 5.16 Å². The van der Waals surface area contributed by atoms with Crippen molar-refractivity contribution in [2.45, 2.75) is 36.9 Å². The third kappa shape index (κ3) is 3.95. The molecule has 0 fully saturated rings. The minimum absolute atomic E-state index is 0.298. The molecule has 0 aliphatic heterocycles. The summed E-state index contributed by atoms with van der Waals surface area (Å²) < 4.78 is 0. The van der Waals surface area contributed by atoms with E-state index in [2.05, 4.69) is 35.2 Å². The molecule has 0 aliphatic carbocycles. The summed E-state index contributed by atoms with van der Waals surface area (Å²) in [6.45, 7) is 7.13. The van der Waals surface area contributed by atoms with Crippen LogP contribution < -0.4 is 5.32 Å². The Labute approximate surface area is 129 Å². The molecule has 1 N–H and O–H groups in total. The van der Waals surface area contributed by atoms with Gasteiger partial charge in [0.05, 0.1) is 5.02 Å². The van der Waals surface area contributed by atoms with Gasteiger partial charge in [-0.25, -0.2) is 9.97 Å². The largest absolute Gasteiger partial charge is 0.310 e. The first-order valence-corrected chi connectivity index (χ1v) is 7.79. The molecule has 1 heterocycles. The molecular weight excluding hydrogens is 290 g/mol. The number of benzene rings is 1. The molecule has 0 aliphatic rings. The van der Waals surface area contributed by atoms with E-state index in [0.717, 1.165) is 22.0 Å². The Bertz CT molecular complexity index is 572. The number of halogens is 1. The van der Waals surface area contributed by atoms with Gasteiger partial charge in [-0.3, -0.25) is 0 Å². The van der Waals surface area contributed by atoms with Crippen LogP contribution in [-0.2, 0) is 0 Å². The van der Waals surface area contributed by atoms with Gasteiger partial charge in [0, 0.05) is 23.3 Å². The van der Waals surface area contributed by atoms with Gasteiger partial charge < -0.3 is 5.32 Å². The van der Waals surface area contributed by atoms with Crippen molar-refractivity contribution in [2.24, 2.45) is 0 Å². The van der Waals surface area contributed by atoms with Crippen LogP contribution in [0.3, 0.4) is 0 Å². The number of hydrogen-bond donors (Lipinski definition) is 1. The molecule has 20 heavy (non-hydrogen) atoms. The lowest BCUT2D eigenvalue weighted by atomic mass is 10.1. The van der Waals surface area contributed by atoms with Gasteiger partial charge in [-0.1, -0.05) is 24.6 Å². The van der Waals surface area contributed by atoms with Gasteiger partial charge in [-0.05, 0) is 55.4 Å². The van der Waals surface area contributed by atoms with Crippen LogP contribution in [0.15, 0.2) is 40.6 Å². The Kier molecular flexibility index (Phi) is 5.40. The third-order valence-electron chi connectivity index (χ3n) is 2.92. The average molecular weight is 308 g/mol. The van der Waals surface area contributed by atoms with Crippen LogP contribution in [0.1, 0.15) is 31.0 Å². The Morgan fingerprint density at radius 3 is 2.60 bits per heavy atom. The summed E-state index contributed by atoms with van der Waals surface area (Å²) >= 11 is 7.83. The molecule has 0 saturated carbocycles. The van der Waals surface area contributed by atoms with E-state index in [9.17, 15) is 0 Å². The monoisotopic (exact) mass is 307 g/mol. The summed E-state index contributed by atoms with van der Waals surface area (Å²) in [5.41, 5.74) is 2.24. The van der Waals surface area contributed by atoms with E-state index in [-0.39, 0.29) is 0 Å². The summed E-state index contributed by atoms with van der Waals surface area (Å²) in [6.07, 6.45) is 3.62. The van der Waals surface area contributed by atoms with Crippen LogP contribution in [0.4, 0.5) is 0 Å². The highest BCUT2D eigenvalue weighted by molar-refractivity contribution is 7.99. The molecule has 2 aromatic rings. The molecule has 1 unspecified atom stereocenters. The Balaban J connectivity index is 2.15. The van der Waals surface area contributed by atoms with Crippen LogP contribution in [0.2, 0.25) is 5.02 Å². The van der Waals surface area contributed by atoms with Crippen molar-refractivity contribution < 1.29 is 0 Å². The van der Waals surface area contributed by atoms with Gasteiger partial charge in [0.1, 0.15) is 0 Å². The van der Waals surface area contributed by atoms with Crippen LogP contribution in [0, 0.1) is 6.92 Å². The van der Waals surface area contributed by atoms with Crippen molar-refractivity contribution >= 4 is 23.4 Å². The zero-order chi connectivity index (χ0) is 14.5. The maximum absolute atomic E-state index is 6.35. The maximum atomic E-state index is 6.35. The molecule has 106 valence electrons. The molecule has 0 amide bonds. The van der Waals surface area contributed by atoms with Crippen LogP contribution in [-0.4, -0.2) is 16.5 Å². The first kappa shape index (κ1) is 15.3. The minimum atomic E-state index is 0.298. The van der Waals surface area contributed by atoms with Gasteiger partial charge in [-0.2, -0.15) is 0 Å². The molecule has 0 spiro atoms. The van der Waals surface area contributed by atoms with Gasteiger partial charge in [-0.15, -0.1) is 0 Å². The van der Waals surface area contributed by atoms with Crippen LogP contribution >= 0.6 is 23.4 Å². The second-order valence-electron chi connectivity index (χ2n) is 4.61. The van der Waals surface area contributed by atoms with Crippen molar-refractivity contribution in [3.63, 3.8) is 0 Å². The first-order valence-electron chi connectivity index (χ1n) is 6.59. The third-order valence-corrected chi connectivity index (χ3v) is 4.32. The quantitative estimate of drug-likeness (QED) is 0.838. The smallest absolute Gasteiger partial charge is 0.192 e. The van der Waals surface area contributed by atoms with Crippen molar-refractivity contribution in [3.05, 3.63) is 46.7 Å². The topological polar surface area (TPSA) is 37.8 Å². The standard InChI is InChI=1S/C15H18ClN3S/c1-4-17-11(3)12-5-6-14(13(16)7-12)20-15-18-8-10(2)9-19-15/h5-9,11,17H,4H2,1-3H3. The molecule has 2 rings (SSSR count). The summed E-state index contributed by atoms with van der Waals surface area (Å²) in [7, 11) is 0. The molecule has 1 aromatic carbocycles. The van der Waals surface area contributed by atoms with E-state index < -0.39 is 0 Å². The number of rotatable bonds is 5. The molecular formula is C15H18ClN3S. The fourth-order valence-corrected chi connectivity index (χ4v) is 2.83. The number of aryl methyl sites for hydroxylation is 1. The summed E-state index contributed by atoms with van der Waals surface area (Å²) in [4.78, 5) is 9.54. The highest BCUT2D eigenvalue weighted by atomic mass is 35.5. The first-order chi connectivity index (χ1) is 9.60. The lowest BCUT2D eigenvalue weighted by Crippen LogP contribution is -2.17.